The topological polar surface area (TPSA) is 195 Å². The van der Waals surface area contributed by atoms with Crippen LogP contribution in [0.2, 0.25) is 10.0 Å². The van der Waals surface area contributed by atoms with E-state index in [9.17, 15) is 29.7 Å². The van der Waals surface area contributed by atoms with Gasteiger partial charge in [0.2, 0.25) is 23.3 Å². The van der Waals surface area contributed by atoms with E-state index in [1.165, 1.54) is 63.8 Å². The molecule has 1 fully saturated rings. The number of nitrogen functional groups attached to an aromatic ring is 1. The monoisotopic (exact) mass is 745 g/mol. The van der Waals surface area contributed by atoms with Crippen LogP contribution in [-0.2, 0) is 14.3 Å². The third kappa shape index (κ3) is 7.25. The van der Waals surface area contributed by atoms with E-state index in [4.69, 9.17) is 47.9 Å². The van der Waals surface area contributed by atoms with Crippen LogP contribution >= 0.6 is 35.0 Å². The Kier molecular flexibility index (Phi) is 11.0. The SMILES string of the molecule is COc1cc(-c2c(C#N)c(N)nc(SC3CC(=O)N(c4ccc(C(=O)OCC(=O)c5ccc(Cl)cc5Cl)cc4)C3=O)c2C#N)cc(OC)c1OC. The standard InChI is InChI=1S/C35H25Cl2N5O8S/c1-47-26-10-18(11-27(48-2)31(26)49-3)30-22(14-38)32(40)41-33(23(30)15-39)51-28-13-29(44)42(34(28)45)20-7-4-17(5-8-20)35(46)50-16-25(43)21-9-6-19(36)12-24(21)37/h4-12,28H,13,16H2,1-3H3,(H2,40,41). The predicted octanol–water partition coefficient (Wildman–Crippen LogP) is 5.87. The molecule has 2 N–H and O–H groups in total. The van der Waals surface area contributed by atoms with Gasteiger partial charge in [-0.3, -0.25) is 14.4 Å². The predicted molar refractivity (Wildman–Crippen MR) is 187 cm³/mol. The smallest absolute Gasteiger partial charge is 0.338 e. The Balaban J connectivity index is 1.37. The quantitative estimate of drug-likeness (QED) is 0.109. The maximum absolute atomic E-state index is 13.6. The van der Waals surface area contributed by atoms with Crippen molar-refractivity contribution in [3.05, 3.63) is 86.9 Å². The van der Waals surface area contributed by atoms with Gasteiger partial charge in [0.05, 0.1) is 48.4 Å². The van der Waals surface area contributed by atoms with Crippen molar-refractivity contribution in [3.63, 3.8) is 0 Å². The second-order valence-electron chi connectivity index (χ2n) is 10.6. The Morgan fingerprint density at radius 3 is 2.18 bits per heavy atom. The molecule has 3 aromatic carbocycles. The highest BCUT2D eigenvalue weighted by molar-refractivity contribution is 8.00. The summed E-state index contributed by atoms with van der Waals surface area (Å²) in [7, 11) is 4.26. The molecule has 0 bridgehead atoms. The van der Waals surface area contributed by atoms with Crippen molar-refractivity contribution >= 4 is 70.0 Å². The fraction of sp³-hybridized carbons (Fsp3) is 0.171. The highest BCUT2D eigenvalue weighted by Gasteiger charge is 2.41. The molecule has 0 radical (unpaired) electrons. The Morgan fingerprint density at radius 1 is 0.961 bits per heavy atom. The Labute approximate surface area is 305 Å². The number of aromatic nitrogens is 1. The molecule has 16 heteroatoms. The molecule has 1 aromatic heterocycles. The Morgan fingerprint density at radius 2 is 1.61 bits per heavy atom. The number of hydrogen-bond donors (Lipinski definition) is 1. The molecule has 0 spiro atoms. The number of nitrogens with zero attached hydrogens (tertiary/aromatic N) is 4. The van der Waals surface area contributed by atoms with Gasteiger partial charge in [0, 0.05) is 22.6 Å². The van der Waals surface area contributed by atoms with Crippen molar-refractivity contribution in [2.24, 2.45) is 0 Å². The fourth-order valence-electron chi connectivity index (χ4n) is 5.25. The number of thioether (sulfide) groups is 1. The minimum Gasteiger partial charge on any atom is -0.493 e. The molecule has 0 saturated carbocycles. The third-order valence-electron chi connectivity index (χ3n) is 7.66. The zero-order valence-electron chi connectivity index (χ0n) is 27.0. The lowest BCUT2D eigenvalue weighted by molar-refractivity contribution is -0.121. The molecular weight excluding hydrogens is 721 g/mol. The summed E-state index contributed by atoms with van der Waals surface area (Å²) in [5.74, 6) is -1.89. The van der Waals surface area contributed by atoms with Gasteiger partial charge in [0.25, 0.3) is 0 Å². The average molecular weight is 747 g/mol. The third-order valence-corrected chi connectivity index (χ3v) is 9.37. The van der Waals surface area contributed by atoms with E-state index in [1.807, 2.05) is 6.07 Å². The largest absolute Gasteiger partial charge is 0.493 e. The number of carbonyl (C=O) groups is 4. The molecule has 2 amide bonds. The van der Waals surface area contributed by atoms with Gasteiger partial charge >= 0.3 is 5.97 Å². The minimum absolute atomic E-state index is 0.0262. The van der Waals surface area contributed by atoms with E-state index in [1.54, 1.807) is 12.1 Å². The number of ether oxygens (including phenoxy) is 4. The lowest BCUT2D eigenvalue weighted by Gasteiger charge is -2.18. The van der Waals surface area contributed by atoms with Gasteiger partial charge < -0.3 is 24.7 Å². The van der Waals surface area contributed by atoms with E-state index < -0.39 is 35.4 Å². The number of ketones is 1. The first-order valence-corrected chi connectivity index (χ1v) is 16.3. The molecule has 1 aliphatic rings. The lowest BCUT2D eigenvalue weighted by Crippen LogP contribution is -2.31. The van der Waals surface area contributed by atoms with Crippen molar-refractivity contribution in [3.8, 4) is 40.5 Å². The number of halogens is 2. The maximum Gasteiger partial charge on any atom is 0.338 e. The first-order chi connectivity index (χ1) is 24.4. The van der Waals surface area contributed by atoms with Crippen molar-refractivity contribution < 1.29 is 38.1 Å². The highest BCUT2D eigenvalue weighted by atomic mass is 35.5. The van der Waals surface area contributed by atoms with Crippen LogP contribution in [0.5, 0.6) is 17.2 Å². The summed E-state index contributed by atoms with van der Waals surface area (Å²) in [5, 5.41) is 19.8. The number of pyridine rings is 1. The van der Waals surface area contributed by atoms with Gasteiger partial charge in [-0.05, 0) is 60.2 Å². The summed E-state index contributed by atoms with van der Waals surface area (Å²) in [6.45, 7) is -0.580. The van der Waals surface area contributed by atoms with Crippen molar-refractivity contribution in [2.45, 2.75) is 16.7 Å². The molecule has 4 aromatic rings. The first-order valence-electron chi connectivity index (χ1n) is 14.7. The first kappa shape index (κ1) is 36.5. The van der Waals surface area contributed by atoms with Crippen LogP contribution in [0.4, 0.5) is 11.5 Å². The summed E-state index contributed by atoms with van der Waals surface area (Å²) in [6.07, 6.45) is -0.241. The zero-order chi connectivity index (χ0) is 37.0. The molecular formula is C35H25Cl2N5O8S. The van der Waals surface area contributed by atoms with Crippen molar-refractivity contribution in [1.29, 1.82) is 10.5 Å². The average Bonchev–Trinajstić information content (AvgIpc) is 3.40. The van der Waals surface area contributed by atoms with E-state index in [2.05, 4.69) is 11.1 Å². The van der Waals surface area contributed by atoms with E-state index in [-0.39, 0.29) is 73.0 Å². The minimum atomic E-state index is -1.01. The van der Waals surface area contributed by atoms with Gasteiger partial charge in [0.1, 0.15) is 28.5 Å². The molecule has 2 heterocycles. The molecule has 258 valence electrons. The number of imide groups is 1. The Bertz CT molecular complexity index is 2160. The number of methoxy groups -OCH3 is 3. The summed E-state index contributed by atoms with van der Waals surface area (Å²) in [5.41, 5.74) is 6.89. The molecule has 0 aliphatic carbocycles. The Hall–Kier alpha value is -5.80. The van der Waals surface area contributed by atoms with E-state index >= 15 is 0 Å². The number of anilines is 2. The number of amides is 2. The highest BCUT2D eigenvalue weighted by Crippen LogP contribution is 2.45. The maximum atomic E-state index is 13.6. The summed E-state index contributed by atoms with van der Waals surface area (Å²) >= 11 is 12.8. The van der Waals surface area contributed by atoms with Crippen LogP contribution in [0.3, 0.4) is 0 Å². The molecule has 51 heavy (non-hydrogen) atoms. The summed E-state index contributed by atoms with van der Waals surface area (Å²) in [4.78, 5) is 57.1. The van der Waals surface area contributed by atoms with Gasteiger partial charge in [-0.15, -0.1) is 0 Å². The molecule has 5 rings (SSSR count). The zero-order valence-corrected chi connectivity index (χ0v) is 29.3. The number of nitrogens with two attached hydrogens (primary N) is 1. The number of esters is 1. The number of rotatable bonds is 11. The fourth-order valence-corrected chi connectivity index (χ4v) is 6.89. The lowest BCUT2D eigenvalue weighted by atomic mass is 9.96. The van der Waals surface area contributed by atoms with Crippen LogP contribution in [0, 0.1) is 22.7 Å². The summed E-state index contributed by atoms with van der Waals surface area (Å²) in [6, 6.07) is 16.9. The normalized spacial score (nSPS) is 13.7. The molecule has 1 atom stereocenters. The second-order valence-corrected chi connectivity index (χ2v) is 12.6. The van der Waals surface area contributed by atoms with Gasteiger partial charge in [-0.2, -0.15) is 10.5 Å². The molecule has 1 saturated heterocycles. The number of carbonyl (C=O) groups excluding carboxylic acids is 4. The van der Waals surface area contributed by atoms with Gasteiger partial charge in [0.15, 0.2) is 18.1 Å². The number of nitriles is 2. The van der Waals surface area contributed by atoms with Crippen molar-refractivity contribution in [1.82, 2.24) is 4.98 Å². The molecule has 1 unspecified atom stereocenters. The number of benzene rings is 3. The number of Topliss-reactive ketones (excluding diaryl/α,β-unsaturated/α-hetero) is 1. The molecule has 1 aliphatic heterocycles. The van der Waals surface area contributed by atoms with E-state index in [0.29, 0.717) is 10.6 Å². The van der Waals surface area contributed by atoms with E-state index in [0.717, 1.165) is 16.7 Å². The van der Waals surface area contributed by atoms with Crippen molar-refractivity contribution in [2.75, 3.05) is 38.6 Å². The molecule has 13 nitrogen and oxygen atoms in total. The van der Waals surface area contributed by atoms with Gasteiger partial charge in [-0.1, -0.05) is 35.0 Å². The second kappa shape index (κ2) is 15.4. The van der Waals surface area contributed by atoms with Crippen LogP contribution < -0.4 is 24.8 Å². The van der Waals surface area contributed by atoms with Crippen LogP contribution in [0.1, 0.15) is 38.3 Å². The van der Waals surface area contributed by atoms with Crippen LogP contribution in [-0.4, -0.2) is 61.7 Å². The summed E-state index contributed by atoms with van der Waals surface area (Å²) < 4.78 is 21.4. The number of hydrogen-bond acceptors (Lipinski definition) is 13. The van der Waals surface area contributed by atoms with Crippen LogP contribution in [0.25, 0.3) is 11.1 Å². The van der Waals surface area contributed by atoms with Gasteiger partial charge in [-0.25, -0.2) is 14.7 Å². The van der Waals surface area contributed by atoms with Crippen LogP contribution in [0.15, 0.2) is 59.6 Å².